The third kappa shape index (κ3) is 4.18. The molecule has 3 N–H and O–H groups in total. The summed E-state index contributed by atoms with van der Waals surface area (Å²) < 4.78 is 0. The van der Waals surface area contributed by atoms with Gasteiger partial charge in [-0.1, -0.05) is 20.8 Å². The van der Waals surface area contributed by atoms with Crippen molar-refractivity contribution in [2.45, 2.75) is 51.7 Å². The molecule has 15 heavy (non-hydrogen) atoms. The third-order valence-electron chi connectivity index (χ3n) is 2.76. The van der Waals surface area contributed by atoms with E-state index in [1.165, 1.54) is 12.8 Å². The fraction of sp³-hybridized carbons (Fsp3) is 0.909. The summed E-state index contributed by atoms with van der Waals surface area (Å²) in [5.74, 6) is -0.247. The van der Waals surface area contributed by atoms with Crippen LogP contribution in [-0.4, -0.2) is 42.0 Å². The maximum absolute atomic E-state index is 11.3. The number of carbonyl (C=O) groups is 1. The molecule has 0 aliphatic heterocycles. The molecule has 1 aliphatic rings. The Morgan fingerprint density at radius 3 is 2.47 bits per heavy atom. The van der Waals surface area contributed by atoms with Crippen LogP contribution in [0.15, 0.2) is 0 Å². The van der Waals surface area contributed by atoms with Gasteiger partial charge >= 0.3 is 0 Å². The molecule has 0 saturated heterocycles. The van der Waals surface area contributed by atoms with Crippen LogP contribution in [0.25, 0.3) is 0 Å². The van der Waals surface area contributed by atoms with Crippen LogP contribution < -0.4 is 11.1 Å². The summed E-state index contributed by atoms with van der Waals surface area (Å²) in [5, 5.41) is 3.21. The Balaban J connectivity index is 2.44. The number of primary amides is 1. The Morgan fingerprint density at radius 2 is 2.13 bits per heavy atom. The predicted octanol–water partition coefficient (Wildman–Crippen LogP) is 0.323. The first-order valence-corrected chi connectivity index (χ1v) is 5.84. The van der Waals surface area contributed by atoms with Gasteiger partial charge in [0, 0.05) is 18.6 Å². The van der Waals surface area contributed by atoms with Crippen molar-refractivity contribution >= 4 is 5.91 Å². The number of hydrogen-bond donors (Lipinski definition) is 2. The second-order valence-electron chi connectivity index (χ2n) is 4.60. The second-order valence-corrected chi connectivity index (χ2v) is 4.60. The van der Waals surface area contributed by atoms with E-state index in [9.17, 15) is 4.79 Å². The van der Waals surface area contributed by atoms with E-state index in [0.717, 1.165) is 13.1 Å². The molecule has 4 nitrogen and oxygen atoms in total. The average molecular weight is 213 g/mol. The van der Waals surface area contributed by atoms with Gasteiger partial charge in [-0.25, -0.2) is 0 Å². The smallest absolute Gasteiger partial charge is 0.235 e. The van der Waals surface area contributed by atoms with Gasteiger partial charge in [-0.3, -0.25) is 9.69 Å². The number of carbonyl (C=O) groups excluding carboxylic acids is 1. The van der Waals surface area contributed by atoms with Crippen molar-refractivity contribution in [1.29, 1.82) is 0 Å². The lowest BCUT2D eigenvalue weighted by atomic mass is 10.2. The fourth-order valence-corrected chi connectivity index (χ4v) is 1.84. The minimum Gasteiger partial charge on any atom is -0.368 e. The number of likely N-dealkylation sites (N-methyl/N-ethyl adjacent to an activating group) is 1. The van der Waals surface area contributed by atoms with E-state index in [2.05, 4.69) is 17.1 Å². The zero-order valence-corrected chi connectivity index (χ0v) is 9.99. The molecule has 1 rings (SSSR count). The molecule has 1 unspecified atom stereocenters. The topological polar surface area (TPSA) is 58.4 Å². The molecule has 1 saturated carbocycles. The predicted molar refractivity (Wildman–Crippen MR) is 61.5 cm³/mol. The van der Waals surface area contributed by atoms with Crippen molar-refractivity contribution in [1.82, 2.24) is 10.2 Å². The fourth-order valence-electron chi connectivity index (χ4n) is 1.84. The lowest BCUT2D eigenvalue weighted by Crippen LogP contribution is -2.51. The SMILES string of the molecule is CCN(CC(NC(C)C)C(N)=O)C1CC1. The Kier molecular flexibility index (Phi) is 4.54. The summed E-state index contributed by atoms with van der Waals surface area (Å²) in [6, 6.07) is 0.761. The molecular weight excluding hydrogens is 190 g/mol. The number of rotatable bonds is 7. The van der Waals surface area contributed by atoms with E-state index in [-0.39, 0.29) is 11.9 Å². The molecule has 0 aromatic rings. The van der Waals surface area contributed by atoms with Crippen molar-refractivity contribution in [3.8, 4) is 0 Å². The summed E-state index contributed by atoms with van der Waals surface area (Å²) in [6.07, 6.45) is 2.53. The lowest BCUT2D eigenvalue weighted by Gasteiger charge is -2.26. The molecule has 1 atom stereocenters. The van der Waals surface area contributed by atoms with Crippen LogP contribution in [0.5, 0.6) is 0 Å². The lowest BCUT2D eigenvalue weighted by molar-refractivity contribution is -0.120. The molecular formula is C11H23N3O. The van der Waals surface area contributed by atoms with E-state index in [1.807, 2.05) is 13.8 Å². The normalized spacial score (nSPS) is 18.5. The summed E-state index contributed by atoms with van der Waals surface area (Å²) in [7, 11) is 0. The molecule has 0 radical (unpaired) electrons. The van der Waals surface area contributed by atoms with Crippen LogP contribution in [0.2, 0.25) is 0 Å². The first kappa shape index (κ1) is 12.5. The van der Waals surface area contributed by atoms with Crippen LogP contribution >= 0.6 is 0 Å². The first-order valence-electron chi connectivity index (χ1n) is 5.84. The highest BCUT2D eigenvalue weighted by molar-refractivity contribution is 5.80. The van der Waals surface area contributed by atoms with E-state index in [4.69, 9.17) is 5.73 Å². The molecule has 0 heterocycles. The molecule has 0 bridgehead atoms. The van der Waals surface area contributed by atoms with Gasteiger partial charge in [0.05, 0.1) is 6.04 Å². The van der Waals surface area contributed by atoms with Crippen molar-refractivity contribution in [3.05, 3.63) is 0 Å². The molecule has 88 valence electrons. The zero-order valence-electron chi connectivity index (χ0n) is 9.99. The van der Waals surface area contributed by atoms with Gasteiger partial charge in [-0.2, -0.15) is 0 Å². The van der Waals surface area contributed by atoms with Crippen LogP contribution in [0, 0.1) is 0 Å². The molecule has 1 fully saturated rings. The van der Waals surface area contributed by atoms with Crippen LogP contribution in [0.3, 0.4) is 0 Å². The number of nitrogens with zero attached hydrogens (tertiary/aromatic N) is 1. The maximum Gasteiger partial charge on any atom is 0.235 e. The van der Waals surface area contributed by atoms with Gasteiger partial charge in [0.25, 0.3) is 0 Å². The van der Waals surface area contributed by atoms with Crippen LogP contribution in [0.1, 0.15) is 33.6 Å². The minimum atomic E-state index is -0.247. The van der Waals surface area contributed by atoms with Crippen molar-refractivity contribution in [2.24, 2.45) is 5.73 Å². The highest BCUT2D eigenvalue weighted by Crippen LogP contribution is 2.26. The first-order chi connectivity index (χ1) is 7.04. The molecule has 1 aliphatic carbocycles. The molecule has 4 heteroatoms. The Hall–Kier alpha value is -0.610. The van der Waals surface area contributed by atoms with E-state index < -0.39 is 0 Å². The number of nitrogens with two attached hydrogens (primary N) is 1. The number of amides is 1. The summed E-state index contributed by atoms with van der Waals surface area (Å²) in [4.78, 5) is 13.6. The van der Waals surface area contributed by atoms with E-state index in [0.29, 0.717) is 12.1 Å². The maximum atomic E-state index is 11.3. The highest BCUT2D eigenvalue weighted by atomic mass is 16.1. The van der Waals surface area contributed by atoms with Gasteiger partial charge < -0.3 is 11.1 Å². The summed E-state index contributed by atoms with van der Waals surface area (Å²) >= 11 is 0. The second kappa shape index (κ2) is 5.47. The summed E-state index contributed by atoms with van der Waals surface area (Å²) in [6.45, 7) is 7.93. The number of hydrogen-bond acceptors (Lipinski definition) is 3. The average Bonchev–Trinajstić information content (AvgIpc) is 2.94. The van der Waals surface area contributed by atoms with Gasteiger partial charge in [0.2, 0.25) is 5.91 Å². The van der Waals surface area contributed by atoms with E-state index in [1.54, 1.807) is 0 Å². The zero-order chi connectivity index (χ0) is 11.4. The highest BCUT2D eigenvalue weighted by Gasteiger charge is 2.30. The van der Waals surface area contributed by atoms with Crippen LogP contribution in [-0.2, 0) is 4.79 Å². The van der Waals surface area contributed by atoms with E-state index >= 15 is 0 Å². The van der Waals surface area contributed by atoms with Crippen molar-refractivity contribution in [2.75, 3.05) is 13.1 Å². The van der Waals surface area contributed by atoms with Crippen molar-refractivity contribution in [3.63, 3.8) is 0 Å². The quantitative estimate of drug-likeness (QED) is 0.640. The molecule has 0 aromatic heterocycles. The Bertz CT molecular complexity index is 214. The minimum absolute atomic E-state index is 0.217. The van der Waals surface area contributed by atoms with Gasteiger partial charge in [-0.05, 0) is 19.4 Å². The molecule has 1 amide bonds. The largest absolute Gasteiger partial charge is 0.368 e. The van der Waals surface area contributed by atoms with Crippen molar-refractivity contribution < 1.29 is 4.79 Å². The standard InChI is InChI=1S/C11H23N3O/c1-4-14(9-5-6-9)7-10(11(12)15)13-8(2)3/h8-10,13H,4-7H2,1-3H3,(H2,12,15). The van der Waals surface area contributed by atoms with Gasteiger partial charge in [0.1, 0.15) is 0 Å². The summed E-state index contributed by atoms with van der Waals surface area (Å²) in [5.41, 5.74) is 5.38. The number of nitrogens with one attached hydrogen (secondary N) is 1. The Morgan fingerprint density at radius 1 is 1.53 bits per heavy atom. The van der Waals surface area contributed by atoms with Gasteiger partial charge in [0.15, 0.2) is 0 Å². The van der Waals surface area contributed by atoms with Crippen LogP contribution in [0.4, 0.5) is 0 Å². The Labute approximate surface area is 92.2 Å². The molecule has 0 aromatic carbocycles. The third-order valence-corrected chi connectivity index (χ3v) is 2.76. The monoisotopic (exact) mass is 213 g/mol. The molecule has 0 spiro atoms. The van der Waals surface area contributed by atoms with Gasteiger partial charge in [-0.15, -0.1) is 0 Å².